The second-order valence-electron chi connectivity index (χ2n) is 7.68. The summed E-state index contributed by atoms with van der Waals surface area (Å²) < 4.78 is 7.04. The summed E-state index contributed by atoms with van der Waals surface area (Å²) in [6.07, 6.45) is 3.74. The average Bonchev–Trinajstić information content (AvgIpc) is 3.41. The molecule has 5 rings (SSSR count). The standard InChI is InChI=1S/C28H20BrNO2/c1-19-7-13-24(14-8-19)30-26(20-5-3-2-4-6-20)18-22(28(30)31)17-25-15-16-27(32-25)21-9-11-23(29)12-10-21/h2-18H,1H3/b22-17-. The van der Waals surface area contributed by atoms with Gasteiger partial charge in [-0.05, 0) is 61.0 Å². The van der Waals surface area contributed by atoms with Gasteiger partial charge >= 0.3 is 0 Å². The van der Waals surface area contributed by atoms with E-state index in [2.05, 4.69) is 15.9 Å². The third kappa shape index (κ3) is 3.97. The molecule has 0 unspecified atom stereocenters. The molecule has 1 amide bonds. The second-order valence-corrected chi connectivity index (χ2v) is 8.60. The summed E-state index contributed by atoms with van der Waals surface area (Å²) in [5.41, 5.74) is 5.40. The molecule has 1 aromatic heterocycles. The minimum atomic E-state index is -0.0747. The van der Waals surface area contributed by atoms with Crippen LogP contribution in [0, 0.1) is 6.92 Å². The quantitative estimate of drug-likeness (QED) is 0.283. The third-order valence-electron chi connectivity index (χ3n) is 5.40. The van der Waals surface area contributed by atoms with Gasteiger partial charge in [0.05, 0.1) is 5.70 Å². The number of aryl methyl sites for hydroxylation is 1. The van der Waals surface area contributed by atoms with Gasteiger partial charge < -0.3 is 4.42 Å². The number of amides is 1. The second kappa shape index (κ2) is 8.48. The first-order valence-electron chi connectivity index (χ1n) is 10.3. The normalized spacial score (nSPS) is 14.8. The summed E-state index contributed by atoms with van der Waals surface area (Å²) in [5, 5.41) is 0. The van der Waals surface area contributed by atoms with Gasteiger partial charge in [-0.1, -0.05) is 76.1 Å². The van der Waals surface area contributed by atoms with Gasteiger partial charge in [0.1, 0.15) is 11.5 Å². The van der Waals surface area contributed by atoms with Crippen molar-refractivity contribution in [3.8, 4) is 11.3 Å². The van der Waals surface area contributed by atoms with E-state index in [0.29, 0.717) is 11.3 Å². The Morgan fingerprint density at radius 2 is 1.53 bits per heavy atom. The largest absolute Gasteiger partial charge is 0.457 e. The molecule has 0 aliphatic carbocycles. The third-order valence-corrected chi connectivity index (χ3v) is 5.93. The highest BCUT2D eigenvalue weighted by atomic mass is 79.9. The Morgan fingerprint density at radius 1 is 0.812 bits per heavy atom. The molecule has 156 valence electrons. The molecule has 3 aromatic carbocycles. The van der Waals surface area contributed by atoms with Gasteiger partial charge in [0.2, 0.25) is 0 Å². The van der Waals surface area contributed by atoms with Crippen LogP contribution in [0.1, 0.15) is 16.9 Å². The Balaban J connectivity index is 1.53. The van der Waals surface area contributed by atoms with Crippen LogP contribution in [0.25, 0.3) is 23.1 Å². The summed E-state index contributed by atoms with van der Waals surface area (Å²) in [7, 11) is 0. The minimum absolute atomic E-state index is 0.0747. The number of carbonyl (C=O) groups is 1. The molecule has 0 saturated heterocycles. The van der Waals surface area contributed by atoms with Crippen LogP contribution in [0.15, 0.2) is 112 Å². The summed E-state index contributed by atoms with van der Waals surface area (Å²) in [6, 6.07) is 29.7. The Bertz CT molecular complexity index is 1330. The molecule has 0 fully saturated rings. The van der Waals surface area contributed by atoms with Crippen LogP contribution in [0.2, 0.25) is 0 Å². The number of nitrogens with zero attached hydrogens (tertiary/aromatic N) is 1. The van der Waals surface area contributed by atoms with Gasteiger partial charge in [-0.15, -0.1) is 0 Å². The van der Waals surface area contributed by atoms with Crippen LogP contribution in [0.4, 0.5) is 5.69 Å². The van der Waals surface area contributed by atoms with Crippen LogP contribution in [-0.4, -0.2) is 5.91 Å². The average molecular weight is 482 g/mol. The number of anilines is 1. The minimum Gasteiger partial charge on any atom is -0.457 e. The smallest absolute Gasteiger partial charge is 0.263 e. The number of furan rings is 1. The van der Waals surface area contributed by atoms with E-state index < -0.39 is 0 Å². The number of hydrogen-bond acceptors (Lipinski definition) is 2. The van der Waals surface area contributed by atoms with Crippen LogP contribution < -0.4 is 4.90 Å². The van der Waals surface area contributed by atoms with Crippen LogP contribution >= 0.6 is 15.9 Å². The van der Waals surface area contributed by atoms with E-state index in [0.717, 1.165) is 38.3 Å². The van der Waals surface area contributed by atoms with Crippen molar-refractivity contribution in [2.45, 2.75) is 6.92 Å². The maximum Gasteiger partial charge on any atom is 0.263 e. The van der Waals surface area contributed by atoms with Gasteiger partial charge in [0.25, 0.3) is 5.91 Å². The molecule has 0 radical (unpaired) electrons. The highest BCUT2D eigenvalue weighted by Gasteiger charge is 2.30. The molecule has 0 spiro atoms. The Morgan fingerprint density at radius 3 is 2.25 bits per heavy atom. The number of rotatable bonds is 4. The first-order valence-corrected chi connectivity index (χ1v) is 11.1. The van der Waals surface area contributed by atoms with Crippen molar-refractivity contribution in [2.75, 3.05) is 4.90 Å². The lowest BCUT2D eigenvalue weighted by Crippen LogP contribution is -2.24. The molecule has 2 heterocycles. The van der Waals surface area contributed by atoms with Crippen molar-refractivity contribution in [1.29, 1.82) is 0 Å². The first kappa shape index (κ1) is 20.3. The van der Waals surface area contributed by atoms with Gasteiger partial charge in [-0.25, -0.2) is 0 Å². The molecule has 3 nitrogen and oxygen atoms in total. The van der Waals surface area contributed by atoms with Crippen molar-refractivity contribution in [3.05, 3.63) is 124 Å². The number of halogens is 1. The highest BCUT2D eigenvalue weighted by Crippen LogP contribution is 2.35. The molecule has 0 atom stereocenters. The summed E-state index contributed by atoms with van der Waals surface area (Å²) in [4.78, 5) is 15.2. The molecule has 4 heteroatoms. The molecule has 32 heavy (non-hydrogen) atoms. The maximum absolute atomic E-state index is 13.5. The van der Waals surface area contributed by atoms with Crippen molar-refractivity contribution in [3.63, 3.8) is 0 Å². The summed E-state index contributed by atoms with van der Waals surface area (Å²) in [5.74, 6) is 1.33. The van der Waals surface area contributed by atoms with Crippen LogP contribution in [0.5, 0.6) is 0 Å². The SMILES string of the molecule is Cc1ccc(N2C(=O)/C(=C\c3ccc(-c4ccc(Br)cc4)o3)C=C2c2ccccc2)cc1. The van der Waals surface area contributed by atoms with Gasteiger partial charge in [-0.3, -0.25) is 9.69 Å². The van der Waals surface area contributed by atoms with Crippen molar-refractivity contribution in [2.24, 2.45) is 0 Å². The zero-order chi connectivity index (χ0) is 22.1. The number of hydrogen-bond donors (Lipinski definition) is 0. The molecule has 0 N–H and O–H groups in total. The fourth-order valence-electron chi connectivity index (χ4n) is 3.74. The Kier molecular flexibility index (Phi) is 5.38. The molecule has 1 aliphatic rings. The summed E-state index contributed by atoms with van der Waals surface area (Å²) >= 11 is 3.45. The van der Waals surface area contributed by atoms with Gasteiger partial charge in [-0.2, -0.15) is 0 Å². The van der Waals surface area contributed by atoms with Crippen LogP contribution in [0.3, 0.4) is 0 Å². The molecule has 0 saturated carbocycles. The maximum atomic E-state index is 13.5. The van der Waals surface area contributed by atoms with Crippen molar-refractivity contribution < 1.29 is 9.21 Å². The molecular formula is C28H20BrNO2. The highest BCUT2D eigenvalue weighted by molar-refractivity contribution is 9.10. The molecule has 4 aromatic rings. The molecule has 0 bridgehead atoms. The van der Waals surface area contributed by atoms with E-state index in [4.69, 9.17) is 4.42 Å². The van der Waals surface area contributed by atoms with E-state index in [-0.39, 0.29) is 5.91 Å². The molecule has 1 aliphatic heterocycles. The zero-order valence-electron chi connectivity index (χ0n) is 17.5. The topological polar surface area (TPSA) is 33.5 Å². The van der Waals surface area contributed by atoms with Gasteiger partial charge in [0.15, 0.2) is 0 Å². The predicted molar refractivity (Wildman–Crippen MR) is 133 cm³/mol. The van der Waals surface area contributed by atoms with E-state index >= 15 is 0 Å². The van der Waals surface area contributed by atoms with E-state index in [9.17, 15) is 4.79 Å². The zero-order valence-corrected chi connectivity index (χ0v) is 19.0. The van der Waals surface area contributed by atoms with E-state index in [1.54, 1.807) is 4.90 Å². The van der Waals surface area contributed by atoms with Crippen molar-refractivity contribution in [1.82, 2.24) is 0 Å². The van der Waals surface area contributed by atoms with E-state index in [1.165, 1.54) is 0 Å². The number of benzene rings is 3. The molecular weight excluding hydrogens is 462 g/mol. The van der Waals surface area contributed by atoms with Gasteiger partial charge in [0, 0.05) is 21.3 Å². The Labute approximate surface area is 195 Å². The summed E-state index contributed by atoms with van der Waals surface area (Å²) in [6.45, 7) is 2.04. The van der Waals surface area contributed by atoms with E-state index in [1.807, 2.05) is 110 Å². The van der Waals surface area contributed by atoms with Crippen molar-refractivity contribution >= 4 is 39.3 Å². The Hall–Kier alpha value is -3.63. The fraction of sp³-hybridized carbons (Fsp3) is 0.0357. The fourth-order valence-corrected chi connectivity index (χ4v) is 4.00. The van der Waals surface area contributed by atoms with Crippen LogP contribution in [-0.2, 0) is 4.79 Å². The monoisotopic (exact) mass is 481 g/mol. The lowest BCUT2D eigenvalue weighted by molar-refractivity contribution is -0.113. The lowest BCUT2D eigenvalue weighted by Gasteiger charge is -2.21. The first-order chi connectivity index (χ1) is 15.6. The lowest BCUT2D eigenvalue weighted by atomic mass is 10.1. The predicted octanol–water partition coefficient (Wildman–Crippen LogP) is 7.49. The number of carbonyl (C=O) groups excluding carboxylic acids is 1.